The Bertz CT molecular complexity index is 1660. The molecule has 1 saturated heterocycles. The Balaban J connectivity index is 1.66. The van der Waals surface area contributed by atoms with E-state index in [0.717, 1.165) is 17.0 Å². The monoisotopic (exact) mass is 729 g/mol. The molecule has 4 rings (SSSR count). The largest absolute Gasteiger partial charge is 0.492 e. The Morgan fingerprint density at radius 2 is 1.65 bits per heavy atom. The number of aliphatic hydroxyl groups is 1. The molecular formula is C36H42F7N3O5. The van der Waals surface area contributed by atoms with Crippen molar-refractivity contribution in [2.45, 2.75) is 110 Å². The highest BCUT2D eigenvalue weighted by Gasteiger charge is 2.60. The van der Waals surface area contributed by atoms with Gasteiger partial charge in [0.25, 0.3) is 0 Å². The first kappa shape index (κ1) is 39.6. The van der Waals surface area contributed by atoms with Gasteiger partial charge in [-0.3, -0.25) is 14.7 Å². The zero-order valence-corrected chi connectivity index (χ0v) is 29.0. The number of urea groups is 1. The number of pyridine rings is 1. The Morgan fingerprint density at radius 3 is 2.18 bits per heavy atom. The summed E-state index contributed by atoms with van der Waals surface area (Å²) in [6.45, 7) is 8.27. The average Bonchev–Trinajstić information content (AvgIpc) is 3.02. The molecule has 0 bridgehead atoms. The molecule has 1 aromatic carbocycles. The second-order valence-electron chi connectivity index (χ2n) is 13.3. The number of nitrogens with one attached hydrogen (secondary N) is 1. The van der Waals surface area contributed by atoms with Gasteiger partial charge in [-0.05, 0) is 86.6 Å². The summed E-state index contributed by atoms with van der Waals surface area (Å²) in [5.74, 6) is -0.713. The molecule has 1 aliphatic carbocycles. The van der Waals surface area contributed by atoms with Gasteiger partial charge in [-0.25, -0.2) is 9.18 Å². The quantitative estimate of drug-likeness (QED) is 0.200. The number of rotatable bonds is 13. The van der Waals surface area contributed by atoms with Crippen LogP contribution in [0.15, 0.2) is 53.7 Å². The summed E-state index contributed by atoms with van der Waals surface area (Å²) >= 11 is 0. The second-order valence-corrected chi connectivity index (χ2v) is 13.3. The average molecular weight is 730 g/mol. The first-order valence-electron chi connectivity index (χ1n) is 16.7. The van der Waals surface area contributed by atoms with Gasteiger partial charge in [0.15, 0.2) is 11.4 Å². The van der Waals surface area contributed by atoms with Crippen molar-refractivity contribution < 1.29 is 54.9 Å². The Kier molecular flexibility index (Phi) is 11.8. The first-order valence-corrected chi connectivity index (χ1v) is 16.7. The van der Waals surface area contributed by atoms with Crippen LogP contribution in [0.3, 0.4) is 0 Å². The molecule has 51 heavy (non-hydrogen) atoms. The lowest BCUT2D eigenvalue weighted by Gasteiger charge is -2.40. The molecule has 1 aromatic heterocycles. The van der Waals surface area contributed by atoms with E-state index in [1.165, 1.54) is 24.4 Å². The van der Waals surface area contributed by atoms with E-state index in [9.17, 15) is 45.4 Å². The van der Waals surface area contributed by atoms with Crippen molar-refractivity contribution in [3.05, 3.63) is 76.1 Å². The number of hydrogen-bond acceptors (Lipinski definition) is 6. The third-order valence-electron chi connectivity index (χ3n) is 8.84. The van der Waals surface area contributed by atoms with Crippen LogP contribution in [0.1, 0.15) is 89.1 Å². The molecule has 2 aromatic rings. The fourth-order valence-electron chi connectivity index (χ4n) is 6.29. The van der Waals surface area contributed by atoms with Gasteiger partial charge in [-0.1, -0.05) is 26.7 Å². The minimum absolute atomic E-state index is 0.0555. The van der Waals surface area contributed by atoms with Gasteiger partial charge < -0.3 is 19.9 Å². The summed E-state index contributed by atoms with van der Waals surface area (Å²) in [5.41, 5.74) is -5.38. The topological polar surface area (TPSA) is 101 Å². The lowest BCUT2D eigenvalue weighted by Crippen LogP contribution is -2.60. The number of ether oxygens (including phenoxy) is 2. The molecule has 8 nitrogen and oxygen atoms in total. The number of hydrogen-bond donors (Lipinski definition) is 2. The van der Waals surface area contributed by atoms with E-state index >= 15 is 0 Å². The van der Waals surface area contributed by atoms with E-state index in [-0.39, 0.29) is 72.5 Å². The molecule has 0 saturated carbocycles. The normalized spacial score (nSPS) is 20.0. The van der Waals surface area contributed by atoms with E-state index < -0.39 is 53.1 Å². The van der Waals surface area contributed by atoms with Crippen molar-refractivity contribution in [3.63, 3.8) is 0 Å². The summed E-state index contributed by atoms with van der Waals surface area (Å²) in [6.07, 6.45) is -9.49. The minimum atomic E-state index is -5.63. The highest BCUT2D eigenvalue weighted by atomic mass is 19.4. The molecule has 1 fully saturated rings. The maximum absolute atomic E-state index is 14.9. The third kappa shape index (κ3) is 8.85. The molecule has 15 heteroatoms. The van der Waals surface area contributed by atoms with Crippen LogP contribution in [0.25, 0.3) is 0 Å². The predicted molar refractivity (Wildman–Crippen MR) is 173 cm³/mol. The number of alkyl halides is 6. The molecular weight excluding hydrogens is 687 g/mol. The van der Waals surface area contributed by atoms with Gasteiger partial charge in [0, 0.05) is 25.2 Å². The Hall–Kier alpha value is -4.14. The van der Waals surface area contributed by atoms with Gasteiger partial charge in [-0.2, -0.15) is 26.3 Å². The number of amides is 3. The van der Waals surface area contributed by atoms with Crippen molar-refractivity contribution in [2.75, 3.05) is 6.54 Å². The van der Waals surface area contributed by atoms with Crippen molar-refractivity contribution >= 4 is 11.9 Å². The van der Waals surface area contributed by atoms with Crippen LogP contribution in [0.4, 0.5) is 35.5 Å². The van der Waals surface area contributed by atoms with Crippen molar-refractivity contribution in [1.82, 2.24) is 15.2 Å². The maximum atomic E-state index is 14.9. The number of carbonyl (C=O) groups is 2. The zero-order chi connectivity index (χ0) is 37.9. The molecule has 2 heterocycles. The van der Waals surface area contributed by atoms with Crippen LogP contribution in [0, 0.1) is 5.41 Å². The summed E-state index contributed by atoms with van der Waals surface area (Å²) in [6, 6.07) is 3.97. The van der Waals surface area contributed by atoms with Crippen LogP contribution in [-0.4, -0.2) is 51.9 Å². The number of aryl methyl sites for hydroxylation is 2. The molecule has 280 valence electrons. The minimum Gasteiger partial charge on any atom is -0.492 e. The van der Waals surface area contributed by atoms with Crippen LogP contribution < -0.4 is 10.1 Å². The molecule has 0 spiro atoms. The molecule has 2 aliphatic rings. The smallest absolute Gasteiger partial charge is 0.421 e. The van der Waals surface area contributed by atoms with Gasteiger partial charge in [0.2, 0.25) is 5.91 Å². The van der Waals surface area contributed by atoms with Crippen LogP contribution in [0.5, 0.6) is 11.5 Å². The summed E-state index contributed by atoms with van der Waals surface area (Å²) < 4.78 is 109. The Labute approximate surface area is 291 Å². The number of allylic oxidation sites excluding steroid dienone is 3. The summed E-state index contributed by atoms with van der Waals surface area (Å²) in [7, 11) is 0. The first-order chi connectivity index (χ1) is 23.7. The van der Waals surface area contributed by atoms with E-state index in [2.05, 4.69) is 10.3 Å². The second kappa shape index (κ2) is 15.2. The molecule has 0 radical (unpaired) electrons. The van der Waals surface area contributed by atoms with Gasteiger partial charge in [0.05, 0.1) is 30.2 Å². The number of imide groups is 1. The van der Waals surface area contributed by atoms with Gasteiger partial charge >= 0.3 is 18.4 Å². The molecule has 1 aliphatic heterocycles. The molecule has 2 atom stereocenters. The maximum Gasteiger partial charge on any atom is 0.421 e. The van der Waals surface area contributed by atoms with E-state index in [1.807, 2.05) is 0 Å². The summed E-state index contributed by atoms with van der Waals surface area (Å²) in [5, 5.41) is 13.2. The lowest BCUT2D eigenvalue weighted by molar-refractivity contribution is -0.300. The highest BCUT2D eigenvalue weighted by molar-refractivity contribution is 6.01. The Morgan fingerprint density at radius 1 is 1.02 bits per heavy atom. The fraction of sp³-hybridized carbons (Fsp3) is 0.528. The van der Waals surface area contributed by atoms with E-state index in [4.69, 9.17) is 9.47 Å². The zero-order valence-electron chi connectivity index (χ0n) is 29.0. The SMILES string of the molecule is CCCc1cc(C(O)(CC(F)(F)F)C(F)(F)F)cc(CCC)c1Oc1ccnc(CN2C(=O)NCC(C)(C3=CC(F)=C(OC(C)C)CC3)C2=O)c1. The number of benzene rings is 1. The fourth-order valence-corrected chi connectivity index (χ4v) is 6.29. The molecule has 2 unspecified atom stereocenters. The van der Waals surface area contributed by atoms with E-state index in [1.54, 1.807) is 34.6 Å². The van der Waals surface area contributed by atoms with Crippen molar-refractivity contribution in [3.8, 4) is 11.5 Å². The highest BCUT2D eigenvalue weighted by Crippen LogP contribution is 2.48. The standard InChI is InChI=1S/C36H42F7N3O5/c1-6-8-22-14-25(34(49,36(41,42)43)19-35(38,39)40)15-23(9-7-2)30(22)51-27-12-13-44-26(17-27)18-46-31(47)33(5,20-45-32(46)48)24-10-11-29(28(37)16-24)50-21(3)4/h12-17,21,49H,6-11,18-20H2,1-5H3,(H,45,48). The lowest BCUT2D eigenvalue weighted by atomic mass is 9.75. The van der Waals surface area contributed by atoms with Gasteiger partial charge in [0.1, 0.15) is 17.3 Å². The van der Waals surface area contributed by atoms with Crippen LogP contribution >= 0.6 is 0 Å². The van der Waals surface area contributed by atoms with Crippen molar-refractivity contribution in [2.24, 2.45) is 5.41 Å². The number of aromatic nitrogens is 1. The van der Waals surface area contributed by atoms with E-state index in [0.29, 0.717) is 24.8 Å². The molecule has 3 amide bonds. The van der Waals surface area contributed by atoms with Gasteiger partial charge in [-0.15, -0.1) is 0 Å². The summed E-state index contributed by atoms with van der Waals surface area (Å²) in [4.78, 5) is 32.0. The molecule has 2 N–H and O–H groups in total. The number of halogens is 7. The van der Waals surface area contributed by atoms with Crippen LogP contribution in [-0.2, 0) is 34.5 Å². The number of nitrogens with zero attached hydrogens (tertiary/aromatic N) is 2. The number of carbonyl (C=O) groups excluding carboxylic acids is 2. The van der Waals surface area contributed by atoms with Crippen molar-refractivity contribution in [1.29, 1.82) is 0 Å². The predicted octanol–water partition coefficient (Wildman–Crippen LogP) is 8.87. The third-order valence-corrected chi connectivity index (χ3v) is 8.84. The van der Waals surface area contributed by atoms with Crippen LogP contribution in [0.2, 0.25) is 0 Å².